The monoisotopic (exact) mass is 355 g/mol. The van der Waals surface area contributed by atoms with Gasteiger partial charge in [0.25, 0.3) is 0 Å². The number of ether oxygens (including phenoxy) is 2. The number of thiazole rings is 1. The number of nitrogens with zero attached hydrogens (tertiary/aromatic N) is 1. The van der Waals surface area contributed by atoms with Crippen molar-refractivity contribution in [3.8, 4) is 0 Å². The Hall–Kier alpha value is -2.13. The van der Waals surface area contributed by atoms with E-state index in [1.165, 1.54) is 22.3 Å². The van der Waals surface area contributed by atoms with E-state index in [1.54, 1.807) is 0 Å². The number of hydrogen-bond donors (Lipinski definition) is 2. The number of aromatic amines is 1. The maximum absolute atomic E-state index is 12.1. The summed E-state index contributed by atoms with van der Waals surface area (Å²) in [5.74, 6) is 0. The molecule has 7 nitrogen and oxygen atoms in total. The second-order valence-corrected chi connectivity index (χ2v) is 6.34. The van der Waals surface area contributed by atoms with Crippen molar-refractivity contribution in [2.75, 3.05) is 19.8 Å². The average molecular weight is 355 g/mol. The molecule has 9 heteroatoms. The maximum Gasteiger partial charge on any atom is 0.410 e. The summed E-state index contributed by atoms with van der Waals surface area (Å²) in [6, 6.07) is -0.360. The molecule has 0 aromatic carbocycles. The number of carbonyl (C=O) groups is 2. The Labute approximate surface area is 142 Å². The smallest absolute Gasteiger partial charge is 0.410 e. The Kier molecular flexibility index (Phi) is 5.94. The highest BCUT2D eigenvalue weighted by Gasteiger charge is 2.30. The molecule has 1 aromatic heterocycles. The lowest BCUT2D eigenvalue weighted by Gasteiger charge is -2.33. The van der Waals surface area contributed by atoms with Crippen LogP contribution in [0.4, 0.5) is 9.59 Å². The van der Waals surface area contributed by atoms with Crippen LogP contribution in [0.15, 0.2) is 24.1 Å². The van der Waals surface area contributed by atoms with Crippen molar-refractivity contribution in [2.24, 2.45) is 5.73 Å². The molecule has 1 aliphatic heterocycles. The molecule has 2 heterocycles. The van der Waals surface area contributed by atoms with Crippen LogP contribution in [0.25, 0.3) is 5.57 Å². The maximum atomic E-state index is 12.1. The molecule has 0 saturated carbocycles. The van der Waals surface area contributed by atoms with Gasteiger partial charge in [-0.3, -0.25) is 4.90 Å². The first-order chi connectivity index (χ1) is 11.0. The van der Waals surface area contributed by atoms with Crippen LogP contribution in [0, 0.1) is 3.95 Å². The van der Waals surface area contributed by atoms with Crippen LogP contribution in [0.5, 0.6) is 0 Å². The van der Waals surface area contributed by atoms with E-state index in [0.717, 1.165) is 11.3 Å². The van der Waals surface area contributed by atoms with Crippen LogP contribution < -0.4 is 5.73 Å². The second kappa shape index (κ2) is 7.93. The molecule has 23 heavy (non-hydrogen) atoms. The number of H-pyrrole nitrogens is 1. The molecule has 1 aliphatic rings. The SMILES string of the molecule is C=CCOC(=O)N1CC=C(c2csc(=S)[nH]2)CC1COC(N)=O. The fraction of sp³-hybridized carbons (Fsp3) is 0.357. The van der Waals surface area contributed by atoms with Crippen molar-refractivity contribution in [2.45, 2.75) is 12.5 Å². The van der Waals surface area contributed by atoms with Gasteiger partial charge in [-0.1, -0.05) is 18.7 Å². The van der Waals surface area contributed by atoms with Crippen LogP contribution in [0.2, 0.25) is 0 Å². The predicted octanol–water partition coefficient (Wildman–Crippen LogP) is 2.68. The molecule has 3 N–H and O–H groups in total. The summed E-state index contributed by atoms with van der Waals surface area (Å²) in [5.41, 5.74) is 6.93. The Morgan fingerprint density at radius 2 is 2.35 bits per heavy atom. The van der Waals surface area contributed by atoms with Crippen LogP contribution in [0.1, 0.15) is 12.1 Å². The van der Waals surface area contributed by atoms with Gasteiger partial charge in [0.05, 0.1) is 11.7 Å². The van der Waals surface area contributed by atoms with Crippen LogP contribution in [0.3, 0.4) is 0 Å². The zero-order chi connectivity index (χ0) is 16.8. The van der Waals surface area contributed by atoms with Crippen LogP contribution >= 0.6 is 23.6 Å². The molecule has 124 valence electrons. The molecule has 2 rings (SSSR count). The van der Waals surface area contributed by atoms with Gasteiger partial charge in [-0.25, -0.2) is 9.59 Å². The van der Waals surface area contributed by atoms with E-state index >= 15 is 0 Å². The summed E-state index contributed by atoms with van der Waals surface area (Å²) in [5, 5.41) is 1.92. The molecule has 1 atom stereocenters. The van der Waals surface area contributed by atoms with E-state index in [9.17, 15) is 9.59 Å². The first-order valence-electron chi connectivity index (χ1n) is 6.85. The third-order valence-electron chi connectivity index (χ3n) is 3.27. The van der Waals surface area contributed by atoms with Gasteiger partial charge in [0.15, 0.2) is 3.95 Å². The summed E-state index contributed by atoms with van der Waals surface area (Å²) in [7, 11) is 0. The number of primary amides is 1. The Bertz CT molecular complexity index is 680. The van der Waals surface area contributed by atoms with Crippen molar-refractivity contribution in [1.29, 1.82) is 0 Å². The second-order valence-electron chi connectivity index (χ2n) is 4.80. The molecule has 0 bridgehead atoms. The highest BCUT2D eigenvalue weighted by atomic mass is 32.1. The predicted molar refractivity (Wildman–Crippen MR) is 89.7 cm³/mol. The van der Waals surface area contributed by atoms with Gasteiger partial charge in [-0.15, -0.1) is 11.3 Å². The number of nitrogens with one attached hydrogen (secondary N) is 1. The Balaban J connectivity index is 2.15. The molecule has 0 radical (unpaired) electrons. The standard InChI is InChI=1S/C14H17N3O4S2/c1-2-5-20-14(19)17-4-3-9(11-8-23-13(22)16-11)6-10(17)7-21-12(15)18/h2-3,8,10H,1,4-7H2,(H2,15,18)(H,16,22). The normalized spacial score (nSPS) is 17.3. The van der Waals surface area contributed by atoms with E-state index < -0.39 is 12.2 Å². The van der Waals surface area contributed by atoms with Gasteiger partial charge in [0.2, 0.25) is 0 Å². The summed E-state index contributed by atoms with van der Waals surface area (Å²) >= 11 is 6.52. The zero-order valence-corrected chi connectivity index (χ0v) is 14.0. The first-order valence-corrected chi connectivity index (χ1v) is 8.13. The number of aromatic nitrogens is 1. The third-order valence-corrected chi connectivity index (χ3v) is 4.33. The van der Waals surface area contributed by atoms with E-state index in [1.807, 2.05) is 11.5 Å². The molecule has 2 amide bonds. The van der Waals surface area contributed by atoms with Gasteiger partial charge in [0, 0.05) is 11.9 Å². The molecule has 1 aromatic rings. The van der Waals surface area contributed by atoms with Gasteiger partial charge in [-0.05, 0) is 24.2 Å². The van der Waals surface area contributed by atoms with Gasteiger partial charge in [-0.2, -0.15) is 0 Å². The topological polar surface area (TPSA) is 97.7 Å². The minimum Gasteiger partial charge on any atom is -0.448 e. The fourth-order valence-corrected chi connectivity index (χ4v) is 3.08. The van der Waals surface area contributed by atoms with E-state index in [2.05, 4.69) is 11.6 Å². The zero-order valence-electron chi connectivity index (χ0n) is 12.3. The molecule has 1 unspecified atom stereocenters. The quantitative estimate of drug-likeness (QED) is 0.625. The van der Waals surface area contributed by atoms with Crippen molar-refractivity contribution in [3.63, 3.8) is 0 Å². The van der Waals surface area contributed by atoms with Gasteiger partial charge in [0.1, 0.15) is 13.2 Å². The van der Waals surface area contributed by atoms with Gasteiger partial charge < -0.3 is 20.2 Å². The average Bonchev–Trinajstić information content (AvgIpc) is 2.96. The highest BCUT2D eigenvalue weighted by molar-refractivity contribution is 7.73. The first kappa shape index (κ1) is 17.2. The largest absolute Gasteiger partial charge is 0.448 e. The number of nitrogens with two attached hydrogens (primary N) is 1. The fourth-order valence-electron chi connectivity index (χ4n) is 2.23. The molecule has 0 aliphatic carbocycles. The number of amides is 2. The minimum absolute atomic E-state index is 0.000726. The third kappa shape index (κ3) is 4.67. The summed E-state index contributed by atoms with van der Waals surface area (Å²) in [6.45, 7) is 3.96. The number of rotatable bonds is 5. The molecular formula is C14H17N3O4S2. The molecule has 0 spiro atoms. The molecular weight excluding hydrogens is 338 g/mol. The van der Waals surface area contributed by atoms with Crippen molar-refractivity contribution in [3.05, 3.63) is 33.8 Å². The lowest BCUT2D eigenvalue weighted by molar-refractivity contribution is 0.0716. The Morgan fingerprint density at radius 1 is 1.57 bits per heavy atom. The summed E-state index contributed by atoms with van der Waals surface area (Å²) in [6.07, 6.45) is 2.54. The van der Waals surface area contributed by atoms with Crippen molar-refractivity contribution >= 4 is 41.3 Å². The van der Waals surface area contributed by atoms with E-state index in [0.29, 0.717) is 16.9 Å². The number of carbonyl (C=O) groups excluding carboxylic acids is 2. The molecule has 0 fully saturated rings. The van der Waals surface area contributed by atoms with Crippen LogP contribution in [-0.4, -0.2) is 47.9 Å². The lowest BCUT2D eigenvalue weighted by atomic mass is 9.99. The summed E-state index contributed by atoms with van der Waals surface area (Å²) < 4.78 is 10.6. The minimum atomic E-state index is -0.879. The molecule has 0 saturated heterocycles. The highest BCUT2D eigenvalue weighted by Crippen LogP contribution is 2.27. The van der Waals surface area contributed by atoms with Gasteiger partial charge >= 0.3 is 12.2 Å². The lowest BCUT2D eigenvalue weighted by Crippen LogP contribution is -2.46. The van der Waals surface area contributed by atoms with Crippen molar-refractivity contribution < 1.29 is 19.1 Å². The Morgan fingerprint density at radius 3 is 2.96 bits per heavy atom. The van der Waals surface area contributed by atoms with E-state index in [-0.39, 0.29) is 19.3 Å². The van der Waals surface area contributed by atoms with E-state index in [4.69, 9.17) is 27.4 Å². The number of hydrogen-bond acceptors (Lipinski definition) is 6. The van der Waals surface area contributed by atoms with Crippen molar-refractivity contribution in [1.82, 2.24) is 9.88 Å². The van der Waals surface area contributed by atoms with Crippen LogP contribution in [-0.2, 0) is 9.47 Å². The summed E-state index contributed by atoms with van der Waals surface area (Å²) in [4.78, 5) is 27.5.